The summed E-state index contributed by atoms with van der Waals surface area (Å²) in [7, 11) is -3.57. The molecule has 25 heavy (non-hydrogen) atoms. The highest BCUT2D eigenvalue weighted by Crippen LogP contribution is 2.21. The molecular formula is C21H25NO2S. The van der Waals surface area contributed by atoms with Crippen molar-refractivity contribution in [1.82, 2.24) is 4.31 Å². The fourth-order valence-electron chi connectivity index (χ4n) is 2.65. The molecule has 0 unspecified atom stereocenters. The quantitative estimate of drug-likeness (QED) is 0.622. The summed E-state index contributed by atoms with van der Waals surface area (Å²) in [4.78, 5) is 0.309. The fourth-order valence-corrected chi connectivity index (χ4v) is 4.04. The summed E-state index contributed by atoms with van der Waals surface area (Å²) in [6.45, 7) is 10.0. The second-order valence-electron chi connectivity index (χ2n) is 6.00. The Bertz CT molecular complexity index is 823. The molecule has 0 radical (unpaired) electrons. The van der Waals surface area contributed by atoms with Crippen molar-refractivity contribution in [2.75, 3.05) is 6.54 Å². The van der Waals surface area contributed by atoms with Gasteiger partial charge in [0, 0.05) is 13.1 Å². The van der Waals surface area contributed by atoms with Crippen LogP contribution < -0.4 is 0 Å². The molecule has 0 aliphatic heterocycles. The van der Waals surface area contributed by atoms with Crippen LogP contribution in [-0.4, -0.2) is 19.3 Å². The van der Waals surface area contributed by atoms with E-state index in [1.165, 1.54) is 4.31 Å². The van der Waals surface area contributed by atoms with E-state index in [2.05, 4.69) is 13.2 Å². The average molecular weight is 356 g/mol. The number of benzene rings is 2. The van der Waals surface area contributed by atoms with Crippen molar-refractivity contribution in [2.24, 2.45) is 0 Å². The van der Waals surface area contributed by atoms with Crippen LogP contribution in [0.15, 0.2) is 78.7 Å². The number of hydrogen-bond donors (Lipinski definition) is 0. The molecular weight excluding hydrogens is 330 g/mol. The van der Waals surface area contributed by atoms with Crippen LogP contribution in [-0.2, 0) is 23.0 Å². The molecule has 0 heterocycles. The lowest BCUT2D eigenvalue weighted by Gasteiger charge is -2.22. The van der Waals surface area contributed by atoms with E-state index in [1.807, 2.05) is 49.4 Å². The third-order valence-electron chi connectivity index (χ3n) is 4.07. The molecule has 132 valence electrons. The van der Waals surface area contributed by atoms with Gasteiger partial charge in [0.15, 0.2) is 0 Å². The normalized spacial score (nSPS) is 11.4. The second-order valence-corrected chi connectivity index (χ2v) is 7.93. The highest BCUT2D eigenvalue weighted by Gasteiger charge is 2.24. The summed E-state index contributed by atoms with van der Waals surface area (Å²) >= 11 is 0. The third kappa shape index (κ3) is 4.91. The molecule has 4 heteroatoms. The predicted octanol–water partition coefficient (Wildman–Crippen LogP) is 4.49. The van der Waals surface area contributed by atoms with Crippen LogP contribution in [0.25, 0.3) is 0 Å². The van der Waals surface area contributed by atoms with Gasteiger partial charge in [-0.05, 0) is 43.0 Å². The van der Waals surface area contributed by atoms with Gasteiger partial charge in [-0.3, -0.25) is 0 Å². The van der Waals surface area contributed by atoms with Crippen molar-refractivity contribution < 1.29 is 8.42 Å². The van der Waals surface area contributed by atoms with Crippen LogP contribution in [0.2, 0.25) is 0 Å². The lowest BCUT2D eigenvalue weighted by Crippen LogP contribution is -2.31. The Morgan fingerprint density at radius 2 is 1.60 bits per heavy atom. The van der Waals surface area contributed by atoms with Crippen LogP contribution in [0.1, 0.15) is 23.1 Å². The SMILES string of the molecule is C=CCCc1ccccc1CN(CC=C)S(=O)(=O)c1ccc(C)cc1. The lowest BCUT2D eigenvalue weighted by molar-refractivity contribution is 0.437. The summed E-state index contributed by atoms with van der Waals surface area (Å²) in [5, 5.41) is 0. The zero-order chi connectivity index (χ0) is 18.3. The van der Waals surface area contributed by atoms with Crippen LogP contribution in [0.3, 0.4) is 0 Å². The molecule has 2 rings (SSSR count). The van der Waals surface area contributed by atoms with E-state index < -0.39 is 10.0 Å². The molecule has 0 aromatic heterocycles. The zero-order valence-electron chi connectivity index (χ0n) is 14.7. The number of sulfonamides is 1. The molecule has 2 aromatic rings. The third-order valence-corrected chi connectivity index (χ3v) is 5.90. The Labute approximate surface area is 151 Å². The van der Waals surface area contributed by atoms with Crippen molar-refractivity contribution in [1.29, 1.82) is 0 Å². The number of nitrogens with zero attached hydrogens (tertiary/aromatic N) is 1. The molecule has 0 N–H and O–H groups in total. The van der Waals surface area contributed by atoms with Gasteiger partial charge in [-0.2, -0.15) is 4.31 Å². The molecule has 0 fully saturated rings. The van der Waals surface area contributed by atoms with Gasteiger partial charge in [0.1, 0.15) is 0 Å². The van der Waals surface area contributed by atoms with E-state index in [1.54, 1.807) is 18.2 Å². The van der Waals surface area contributed by atoms with Gasteiger partial charge in [-0.1, -0.05) is 54.1 Å². The van der Waals surface area contributed by atoms with Crippen molar-refractivity contribution in [2.45, 2.75) is 31.2 Å². The van der Waals surface area contributed by atoms with Crippen LogP contribution in [0.4, 0.5) is 0 Å². The minimum absolute atomic E-state index is 0.270. The van der Waals surface area contributed by atoms with Crippen molar-refractivity contribution in [3.63, 3.8) is 0 Å². The second kappa shape index (κ2) is 8.79. The minimum atomic E-state index is -3.57. The Balaban J connectivity index is 2.34. The van der Waals surface area contributed by atoms with Crippen LogP contribution in [0, 0.1) is 6.92 Å². The smallest absolute Gasteiger partial charge is 0.207 e. The van der Waals surface area contributed by atoms with Crippen LogP contribution in [0.5, 0.6) is 0 Å². The van der Waals surface area contributed by atoms with Gasteiger partial charge < -0.3 is 0 Å². The summed E-state index contributed by atoms with van der Waals surface area (Å²) in [6.07, 6.45) is 5.22. The van der Waals surface area contributed by atoms with E-state index in [-0.39, 0.29) is 6.54 Å². The maximum absolute atomic E-state index is 13.0. The number of allylic oxidation sites excluding steroid dienone is 1. The van der Waals surface area contributed by atoms with E-state index in [9.17, 15) is 8.42 Å². The Hall–Kier alpha value is -2.17. The molecule has 0 saturated carbocycles. The molecule has 0 saturated heterocycles. The van der Waals surface area contributed by atoms with Crippen LogP contribution >= 0.6 is 0 Å². The first-order chi connectivity index (χ1) is 12.0. The Kier molecular flexibility index (Phi) is 6.73. The van der Waals surface area contributed by atoms with Crippen molar-refractivity contribution >= 4 is 10.0 Å². The van der Waals surface area contributed by atoms with Gasteiger partial charge in [-0.15, -0.1) is 13.2 Å². The predicted molar refractivity (Wildman–Crippen MR) is 104 cm³/mol. The summed E-state index contributed by atoms with van der Waals surface area (Å²) in [5.74, 6) is 0. The molecule has 0 bridgehead atoms. The molecule has 0 aliphatic rings. The standard InChI is InChI=1S/C21H25NO2S/c1-4-6-9-19-10-7-8-11-20(19)17-22(16-5-2)25(23,24)21-14-12-18(3)13-15-21/h4-5,7-8,10-15H,1-2,6,9,16-17H2,3H3. The monoisotopic (exact) mass is 355 g/mol. The average Bonchev–Trinajstić information content (AvgIpc) is 2.61. The molecule has 0 atom stereocenters. The molecule has 3 nitrogen and oxygen atoms in total. The number of rotatable bonds is 9. The summed E-state index contributed by atoms with van der Waals surface area (Å²) < 4.78 is 27.5. The summed E-state index contributed by atoms with van der Waals surface area (Å²) in [5.41, 5.74) is 3.20. The lowest BCUT2D eigenvalue weighted by atomic mass is 10.0. The fraction of sp³-hybridized carbons (Fsp3) is 0.238. The summed E-state index contributed by atoms with van der Waals surface area (Å²) in [6, 6.07) is 14.9. The minimum Gasteiger partial charge on any atom is -0.207 e. The number of hydrogen-bond acceptors (Lipinski definition) is 2. The first-order valence-electron chi connectivity index (χ1n) is 8.34. The van der Waals surface area contributed by atoms with E-state index in [0.717, 1.165) is 29.5 Å². The first kappa shape index (κ1) is 19.2. The molecule has 2 aromatic carbocycles. The van der Waals surface area contributed by atoms with E-state index in [4.69, 9.17) is 0 Å². The molecule has 0 spiro atoms. The highest BCUT2D eigenvalue weighted by atomic mass is 32.2. The Morgan fingerprint density at radius 3 is 2.20 bits per heavy atom. The molecule has 0 aliphatic carbocycles. The van der Waals surface area contributed by atoms with E-state index >= 15 is 0 Å². The maximum Gasteiger partial charge on any atom is 0.243 e. The van der Waals surface area contributed by atoms with E-state index in [0.29, 0.717) is 11.4 Å². The molecule has 0 amide bonds. The highest BCUT2D eigenvalue weighted by molar-refractivity contribution is 7.89. The van der Waals surface area contributed by atoms with Crippen molar-refractivity contribution in [3.05, 3.63) is 90.5 Å². The van der Waals surface area contributed by atoms with Gasteiger partial charge in [-0.25, -0.2) is 8.42 Å². The van der Waals surface area contributed by atoms with Gasteiger partial charge in [0.05, 0.1) is 4.90 Å². The maximum atomic E-state index is 13.0. The van der Waals surface area contributed by atoms with Gasteiger partial charge >= 0.3 is 0 Å². The van der Waals surface area contributed by atoms with Gasteiger partial charge in [0.25, 0.3) is 0 Å². The van der Waals surface area contributed by atoms with Crippen molar-refractivity contribution in [3.8, 4) is 0 Å². The zero-order valence-corrected chi connectivity index (χ0v) is 15.5. The number of aryl methyl sites for hydroxylation is 2. The topological polar surface area (TPSA) is 37.4 Å². The Morgan fingerprint density at radius 1 is 0.960 bits per heavy atom. The first-order valence-corrected chi connectivity index (χ1v) is 9.78. The van der Waals surface area contributed by atoms with Gasteiger partial charge in [0.2, 0.25) is 10.0 Å². The largest absolute Gasteiger partial charge is 0.243 e.